The van der Waals surface area contributed by atoms with Crippen LogP contribution >= 0.6 is 23.2 Å². The highest BCUT2D eigenvalue weighted by Crippen LogP contribution is 2.29. The molecule has 1 aromatic carbocycles. The molecule has 26 heavy (non-hydrogen) atoms. The molecule has 5 nitrogen and oxygen atoms in total. The number of piperidine rings is 1. The molecular formula is C19H27Cl2N3O2. The number of likely N-dealkylation sites (tertiary alicyclic amines) is 1. The van der Waals surface area contributed by atoms with Crippen LogP contribution in [0, 0.1) is 5.92 Å². The van der Waals surface area contributed by atoms with Crippen LogP contribution in [0.25, 0.3) is 0 Å². The van der Waals surface area contributed by atoms with E-state index in [2.05, 4.69) is 10.2 Å². The molecule has 1 N–H and O–H groups in total. The number of hydrogen-bond donors (Lipinski definition) is 1. The van der Waals surface area contributed by atoms with Crippen LogP contribution in [0.15, 0.2) is 18.2 Å². The highest BCUT2D eigenvalue weighted by atomic mass is 35.5. The van der Waals surface area contributed by atoms with Gasteiger partial charge in [-0.3, -0.25) is 9.59 Å². The topological polar surface area (TPSA) is 52.7 Å². The third kappa shape index (κ3) is 5.60. The fourth-order valence-corrected chi connectivity index (χ4v) is 3.77. The Kier molecular flexibility index (Phi) is 8.19. The molecule has 2 amide bonds. The maximum atomic E-state index is 12.4. The second kappa shape index (κ2) is 10.1. The first-order valence-corrected chi connectivity index (χ1v) is 9.96. The van der Waals surface area contributed by atoms with Crippen molar-refractivity contribution in [1.82, 2.24) is 9.80 Å². The third-order valence-electron chi connectivity index (χ3n) is 4.89. The Labute approximate surface area is 165 Å². The molecule has 0 unspecified atom stereocenters. The summed E-state index contributed by atoms with van der Waals surface area (Å²) in [5.74, 6) is 0.268. The van der Waals surface area contributed by atoms with E-state index in [1.54, 1.807) is 18.2 Å². The van der Waals surface area contributed by atoms with E-state index < -0.39 is 0 Å². The molecule has 2 rings (SSSR count). The van der Waals surface area contributed by atoms with Crippen molar-refractivity contribution < 1.29 is 9.59 Å². The first-order valence-electron chi connectivity index (χ1n) is 9.21. The highest BCUT2D eigenvalue weighted by Gasteiger charge is 2.27. The summed E-state index contributed by atoms with van der Waals surface area (Å²) in [7, 11) is 0. The van der Waals surface area contributed by atoms with Crippen LogP contribution in [-0.2, 0) is 9.59 Å². The van der Waals surface area contributed by atoms with Gasteiger partial charge in [0.05, 0.1) is 15.7 Å². The van der Waals surface area contributed by atoms with Crippen molar-refractivity contribution in [3.63, 3.8) is 0 Å². The predicted octanol–water partition coefficient (Wildman–Crippen LogP) is 3.90. The molecule has 1 heterocycles. The third-order valence-corrected chi connectivity index (χ3v) is 5.52. The largest absolute Gasteiger partial charge is 0.343 e. The molecule has 0 radical (unpaired) electrons. The van der Waals surface area contributed by atoms with Crippen molar-refractivity contribution in [3.05, 3.63) is 28.2 Å². The standard InChI is InChI=1S/C19H27Cl2N3O2/c1-3-24(4-2)19(26)14-8-11-23(12-9-14)13-10-17(25)22-18-15(20)6-5-7-16(18)21/h5-7,14H,3-4,8-13H2,1-2H3,(H,22,25). The van der Waals surface area contributed by atoms with Gasteiger partial charge in [-0.2, -0.15) is 0 Å². The van der Waals surface area contributed by atoms with Crippen LogP contribution in [0.1, 0.15) is 33.1 Å². The van der Waals surface area contributed by atoms with Gasteiger partial charge < -0.3 is 15.1 Å². The van der Waals surface area contributed by atoms with Gasteiger partial charge in [-0.15, -0.1) is 0 Å². The number of carbonyl (C=O) groups excluding carboxylic acids is 2. The predicted molar refractivity (Wildman–Crippen MR) is 107 cm³/mol. The summed E-state index contributed by atoms with van der Waals surface area (Å²) in [5, 5.41) is 3.65. The van der Waals surface area contributed by atoms with Gasteiger partial charge in [0, 0.05) is 32.0 Å². The summed E-state index contributed by atoms with van der Waals surface area (Å²) in [6, 6.07) is 5.13. The lowest BCUT2D eigenvalue weighted by Crippen LogP contribution is -2.43. The summed E-state index contributed by atoms with van der Waals surface area (Å²) in [4.78, 5) is 28.7. The second-order valence-electron chi connectivity index (χ2n) is 6.52. The molecule has 1 fully saturated rings. The van der Waals surface area contributed by atoms with E-state index in [0.717, 1.165) is 39.0 Å². The molecule has 1 aliphatic rings. The molecule has 1 aliphatic heterocycles. The Balaban J connectivity index is 1.76. The number of rotatable bonds is 7. The maximum absolute atomic E-state index is 12.4. The van der Waals surface area contributed by atoms with Crippen LogP contribution in [-0.4, -0.2) is 54.3 Å². The van der Waals surface area contributed by atoms with Crippen LogP contribution in [0.4, 0.5) is 5.69 Å². The fourth-order valence-electron chi connectivity index (χ4n) is 3.28. The molecule has 0 spiro atoms. The minimum Gasteiger partial charge on any atom is -0.343 e. The Morgan fingerprint density at radius 3 is 2.27 bits per heavy atom. The van der Waals surface area contributed by atoms with Crippen LogP contribution in [0.3, 0.4) is 0 Å². The molecule has 0 aliphatic carbocycles. The first-order chi connectivity index (χ1) is 12.5. The van der Waals surface area contributed by atoms with Crippen molar-refractivity contribution in [1.29, 1.82) is 0 Å². The quantitative estimate of drug-likeness (QED) is 0.755. The fraction of sp³-hybridized carbons (Fsp3) is 0.579. The Morgan fingerprint density at radius 2 is 1.73 bits per heavy atom. The van der Waals surface area contributed by atoms with Crippen LogP contribution in [0.2, 0.25) is 10.0 Å². The lowest BCUT2D eigenvalue weighted by molar-refractivity contribution is -0.136. The molecule has 7 heteroatoms. The minimum atomic E-state index is -0.110. The van der Waals surface area contributed by atoms with Gasteiger partial charge in [-0.1, -0.05) is 29.3 Å². The van der Waals surface area contributed by atoms with E-state index in [1.165, 1.54) is 0 Å². The van der Waals surface area contributed by atoms with Crippen LogP contribution < -0.4 is 5.32 Å². The number of anilines is 1. The number of benzene rings is 1. The molecule has 0 bridgehead atoms. The van der Waals surface area contributed by atoms with Gasteiger partial charge in [0.2, 0.25) is 11.8 Å². The van der Waals surface area contributed by atoms with Crippen LogP contribution in [0.5, 0.6) is 0 Å². The van der Waals surface area contributed by atoms with Gasteiger partial charge in [0.1, 0.15) is 0 Å². The van der Waals surface area contributed by atoms with E-state index in [0.29, 0.717) is 28.7 Å². The van der Waals surface area contributed by atoms with E-state index in [-0.39, 0.29) is 17.7 Å². The zero-order valence-corrected chi connectivity index (χ0v) is 16.9. The monoisotopic (exact) mass is 399 g/mol. The summed E-state index contributed by atoms with van der Waals surface area (Å²) in [6.45, 7) is 7.91. The Morgan fingerprint density at radius 1 is 1.15 bits per heavy atom. The zero-order chi connectivity index (χ0) is 19.1. The van der Waals surface area contributed by atoms with E-state index >= 15 is 0 Å². The Hall–Kier alpha value is -1.30. The zero-order valence-electron chi connectivity index (χ0n) is 15.4. The van der Waals surface area contributed by atoms with Crippen molar-refractivity contribution in [2.24, 2.45) is 5.92 Å². The number of carbonyl (C=O) groups is 2. The lowest BCUT2D eigenvalue weighted by Gasteiger charge is -2.33. The lowest BCUT2D eigenvalue weighted by atomic mass is 9.95. The minimum absolute atomic E-state index is 0.110. The molecular weight excluding hydrogens is 373 g/mol. The van der Waals surface area contributed by atoms with E-state index in [4.69, 9.17) is 23.2 Å². The number of halogens is 2. The summed E-state index contributed by atoms with van der Waals surface area (Å²) in [6.07, 6.45) is 2.08. The summed E-state index contributed by atoms with van der Waals surface area (Å²) in [5.41, 5.74) is 0.462. The molecule has 1 aromatic rings. The SMILES string of the molecule is CCN(CC)C(=O)C1CCN(CCC(=O)Nc2c(Cl)cccc2Cl)CC1. The molecule has 1 saturated heterocycles. The van der Waals surface area contributed by atoms with Gasteiger partial charge in [-0.05, 0) is 51.9 Å². The number of para-hydroxylation sites is 1. The number of amides is 2. The summed E-state index contributed by atoms with van der Waals surface area (Å²) < 4.78 is 0. The van der Waals surface area contributed by atoms with E-state index in [1.807, 2.05) is 18.7 Å². The van der Waals surface area contributed by atoms with Gasteiger partial charge in [0.25, 0.3) is 0 Å². The number of nitrogens with one attached hydrogen (secondary N) is 1. The molecule has 0 aromatic heterocycles. The van der Waals surface area contributed by atoms with Crippen molar-refractivity contribution in [2.75, 3.05) is 38.0 Å². The average Bonchev–Trinajstić information content (AvgIpc) is 2.64. The second-order valence-corrected chi connectivity index (χ2v) is 7.34. The van der Waals surface area contributed by atoms with Crippen molar-refractivity contribution >= 4 is 40.7 Å². The van der Waals surface area contributed by atoms with Gasteiger partial charge in [0.15, 0.2) is 0 Å². The van der Waals surface area contributed by atoms with Crippen molar-refractivity contribution in [2.45, 2.75) is 33.1 Å². The molecule has 144 valence electrons. The smallest absolute Gasteiger partial charge is 0.225 e. The average molecular weight is 400 g/mol. The maximum Gasteiger partial charge on any atom is 0.225 e. The van der Waals surface area contributed by atoms with E-state index in [9.17, 15) is 9.59 Å². The normalized spacial score (nSPS) is 15.7. The van der Waals surface area contributed by atoms with Gasteiger partial charge >= 0.3 is 0 Å². The summed E-state index contributed by atoms with van der Waals surface area (Å²) >= 11 is 12.1. The molecule has 0 atom stereocenters. The number of hydrogen-bond acceptors (Lipinski definition) is 3. The van der Waals surface area contributed by atoms with Crippen molar-refractivity contribution in [3.8, 4) is 0 Å². The highest BCUT2D eigenvalue weighted by molar-refractivity contribution is 6.39. The number of nitrogens with zero attached hydrogens (tertiary/aromatic N) is 2. The van der Waals surface area contributed by atoms with Gasteiger partial charge in [-0.25, -0.2) is 0 Å². The first kappa shape index (κ1) is 21.0. The molecule has 0 saturated carbocycles. The Bertz CT molecular complexity index is 607.